The molecule has 1 aliphatic carbocycles. The molecule has 3 heteroatoms. The predicted molar refractivity (Wildman–Crippen MR) is 80.6 cm³/mol. The van der Waals surface area contributed by atoms with Crippen LogP contribution in [0.2, 0.25) is 0 Å². The zero-order valence-electron chi connectivity index (χ0n) is 11.1. The molecule has 2 rings (SSSR count). The summed E-state index contributed by atoms with van der Waals surface area (Å²) >= 11 is 4.97. The molecule has 0 amide bonds. The first-order valence-electron chi connectivity index (χ1n) is 6.80. The molecule has 0 aromatic heterocycles. The molecule has 0 saturated heterocycles. The minimum atomic E-state index is 0.477. The molecule has 98 valence electrons. The van der Waals surface area contributed by atoms with Gasteiger partial charge in [0.05, 0.1) is 0 Å². The van der Waals surface area contributed by atoms with E-state index in [-0.39, 0.29) is 0 Å². The van der Waals surface area contributed by atoms with Crippen LogP contribution in [0.3, 0.4) is 0 Å². The van der Waals surface area contributed by atoms with E-state index in [0.717, 1.165) is 18.0 Å². The van der Waals surface area contributed by atoms with Gasteiger partial charge in [0.15, 0.2) is 0 Å². The summed E-state index contributed by atoms with van der Waals surface area (Å²) in [5.74, 6) is 0.951. The lowest BCUT2D eigenvalue weighted by atomic mass is 10.1. The molecule has 0 heterocycles. The Morgan fingerprint density at radius 2 is 2.00 bits per heavy atom. The molecule has 0 radical (unpaired) electrons. The third kappa shape index (κ3) is 4.07. The van der Waals surface area contributed by atoms with Gasteiger partial charge in [0.25, 0.3) is 0 Å². The summed E-state index contributed by atoms with van der Waals surface area (Å²) in [7, 11) is 0. The van der Waals surface area contributed by atoms with Gasteiger partial charge in [-0.15, -0.1) is 0 Å². The Kier molecular flexibility index (Phi) is 4.72. The molecule has 2 nitrogen and oxygen atoms in total. The molecule has 0 bridgehead atoms. The lowest BCUT2D eigenvalue weighted by Gasteiger charge is -2.21. The average molecular weight is 262 g/mol. The van der Waals surface area contributed by atoms with Gasteiger partial charge in [-0.05, 0) is 37.3 Å². The van der Waals surface area contributed by atoms with Gasteiger partial charge in [0.1, 0.15) is 4.99 Å². The first kappa shape index (κ1) is 13.5. The molecular weight excluding hydrogens is 240 g/mol. The van der Waals surface area contributed by atoms with Crippen molar-refractivity contribution in [2.75, 3.05) is 13.1 Å². The highest BCUT2D eigenvalue weighted by Crippen LogP contribution is 2.30. The van der Waals surface area contributed by atoms with Crippen LogP contribution in [0.25, 0.3) is 0 Å². The second kappa shape index (κ2) is 6.30. The van der Waals surface area contributed by atoms with Gasteiger partial charge in [-0.3, -0.25) is 4.90 Å². The first-order chi connectivity index (χ1) is 8.69. The fourth-order valence-electron chi connectivity index (χ4n) is 2.25. The molecule has 0 aliphatic heterocycles. The van der Waals surface area contributed by atoms with Crippen molar-refractivity contribution in [3.8, 4) is 0 Å². The minimum Gasteiger partial charge on any atom is -0.389 e. The summed E-state index contributed by atoms with van der Waals surface area (Å²) in [4.78, 5) is 3.04. The maximum Gasteiger partial charge on any atom is 0.103 e. The molecule has 1 aromatic carbocycles. The molecule has 0 spiro atoms. The van der Waals surface area contributed by atoms with Crippen molar-refractivity contribution < 1.29 is 0 Å². The zero-order valence-corrected chi connectivity index (χ0v) is 11.9. The van der Waals surface area contributed by atoms with E-state index < -0.39 is 0 Å². The van der Waals surface area contributed by atoms with Crippen LogP contribution in [-0.4, -0.2) is 23.0 Å². The first-order valence-corrected chi connectivity index (χ1v) is 7.21. The van der Waals surface area contributed by atoms with Crippen molar-refractivity contribution in [3.05, 3.63) is 35.4 Å². The SMILES string of the molecule is CCCN(Cc1ccc(C(N)=S)cc1)CC1CC1. The molecule has 2 N–H and O–H groups in total. The second-order valence-electron chi connectivity index (χ2n) is 5.24. The quantitative estimate of drug-likeness (QED) is 0.766. The normalized spacial score (nSPS) is 15.0. The van der Waals surface area contributed by atoms with Crippen molar-refractivity contribution in [1.29, 1.82) is 0 Å². The van der Waals surface area contributed by atoms with Crippen molar-refractivity contribution in [2.45, 2.75) is 32.7 Å². The maximum atomic E-state index is 5.61. The Labute approximate surface area is 115 Å². The van der Waals surface area contributed by atoms with E-state index >= 15 is 0 Å². The van der Waals surface area contributed by atoms with E-state index in [0.29, 0.717) is 4.99 Å². The summed E-state index contributed by atoms with van der Waals surface area (Å²) in [6, 6.07) is 8.34. The lowest BCUT2D eigenvalue weighted by Crippen LogP contribution is -2.26. The van der Waals surface area contributed by atoms with Crippen LogP contribution < -0.4 is 5.73 Å². The second-order valence-corrected chi connectivity index (χ2v) is 5.68. The maximum absolute atomic E-state index is 5.61. The van der Waals surface area contributed by atoms with Crippen LogP contribution >= 0.6 is 12.2 Å². The molecule has 1 fully saturated rings. The molecule has 0 unspecified atom stereocenters. The Bertz CT molecular complexity index is 395. The van der Waals surface area contributed by atoms with Crippen LogP contribution in [0.4, 0.5) is 0 Å². The molecule has 1 saturated carbocycles. The van der Waals surface area contributed by atoms with Crippen LogP contribution in [0.1, 0.15) is 37.3 Å². The smallest absolute Gasteiger partial charge is 0.103 e. The van der Waals surface area contributed by atoms with Crippen molar-refractivity contribution in [3.63, 3.8) is 0 Å². The van der Waals surface area contributed by atoms with E-state index in [9.17, 15) is 0 Å². The molecule has 1 aliphatic rings. The van der Waals surface area contributed by atoms with Crippen molar-refractivity contribution in [1.82, 2.24) is 4.90 Å². The summed E-state index contributed by atoms with van der Waals surface area (Å²) in [6.45, 7) is 5.73. The Balaban J connectivity index is 1.94. The average Bonchev–Trinajstić information content (AvgIpc) is 3.14. The van der Waals surface area contributed by atoms with Crippen molar-refractivity contribution >= 4 is 17.2 Å². The minimum absolute atomic E-state index is 0.477. The van der Waals surface area contributed by atoms with E-state index in [1.54, 1.807) is 0 Å². The third-order valence-corrected chi connectivity index (χ3v) is 3.63. The van der Waals surface area contributed by atoms with E-state index in [1.165, 1.54) is 37.9 Å². The molecule has 18 heavy (non-hydrogen) atoms. The molecule has 1 aromatic rings. The number of rotatable bonds is 7. The van der Waals surface area contributed by atoms with Crippen LogP contribution in [0, 0.1) is 5.92 Å². The predicted octanol–water partition coefficient (Wildman–Crippen LogP) is 2.94. The fourth-order valence-corrected chi connectivity index (χ4v) is 2.39. The van der Waals surface area contributed by atoms with E-state index in [1.807, 2.05) is 12.1 Å². The number of hydrogen-bond acceptors (Lipinski definition) is 2. The summed E-state index contributed by atoms with van der Waals surface area (Å²) in [5.41, 5.74) is 7.92. The standard InChI is InChI=1S/C15H22N2S/c1-2-9-17(10-12-3-4-12)11-13-5-7-14(8-6-13)15(16)18/h5-8,12H,2-4,9-11H2,1H3,(H2,16,18). The monoisotopic (exact) mass is 262 g/mol. The Hall–Kier alpha value is -0.930. The number of hydrogen-bond donors (Lipinski definition) is 1. The summed E-state index contributed by atoms with van der Waals surface area (Å²) < 4.78 is 0. The summed E-state index contributed by atoms with van der Waals surface area (Å²) in [6.07, 6.45) is 4.05. The van der Waals surface area contributed by atoms with Gasteiger partial charge in [-0.25, -0.2) is 0 Å². The van der Waals surface area contributed by atoms with Crippen LogP contribution in [0.15, 0.2) is 24.3 Å². The van der Waals surface area contributed by atoms with Gasteiger partial charge in [-0.2, -0.15) is 0 Å². The third-order valence-electron chi connectivity index (χ3n) is 3.40. The van der Waals surface area contributed by atoms with Gasteiger partial charge in [0, 0.05) is 18.7 Å². The van der Waals surface area contributed by atoms with Gasteiger partial charge in [0.2, 0.25) is 0 Å². The highest BCUT2D eigenvalue weighted by molar-refractivity contribution is 7.80. The number of thiocarbonyl (C=S) groups is 1. The number of benzene rings is 1. The zero-order chi connectivity index (χ0) is 13.0. The van der Waals surface area contributed by atoms with Crippen LogP contribution in [0.5, 0.6) is 0 Å². The van der Waals surface area contributed by atoms with Gasteiger partial charge in [-0.1, -0.05) is 43.4 Å². The van der Waals surface area contributed by atoms with Gasteiger partial charge < -0.3 is 5.73 Å². The van der Waals surface area contributed by atoms with Crippen molar-refractivity contribution in [2.24, 2.45) is 11.7 Å². The largest absolute Gasteiger partial charge is 0.389 e. The Morgan fingerprint density at radius 3 is 2.50 bits per heavy atom. The van der Waals surface area contributed by atoms with Gasteiger partial charge >= 0.3 is 0 Å². The number of nitrogens with zero attached hydrogens (tertiary/aromatic N) is 1. The summed E-state index contributed by atoms with van der Waals surface area (Å²) in [5, 5.41) is 0. The highest BCUT2D eigenvalue weighted by Gasteiger charge is 2.23. The van der Waals surface area contributed by atoms with Crippen LogP contribution in [-0.2, 0) is 6.54 Å². The highest BCUT2D eigenvalue weighted by atomic mass is 32.1. The molecular formula is C15H22N2S. The number of nitrogens with two attached hydrogens (primary N) is 1. The fraction of sp³-hybridized carbons (Fsp3) is 0.533. The Morgan fingerprint density at radius 1 is 1.33 bits per heavy atom. The topological polar surface area (TPSA) is 29.3 Å². The van der Waals surface area contributed by atoms with E-state index in [2.05, 4.69) is 24.0 Å². The molecule has 0 atom stereocenters. The van der Waals surface area contributed by atoms with E-state index in [4.69, 9.17) is 18.0 Å². The lowest BCUT2D eigenvalue weighted by molar-refractivity contribution is 0.255.